The van der Waals surface area contributed by atoms with E-state index < -0.39 is 5.97 Å². The standard InChI is InChI=1S/C18H24N2O3.CH2O2/c21-17(13-19-11-14-5-1-2-6-15(14)12-19)20-10-4-3-7-16(20)8-9-18(22)23;2-1-3/h1-2,5-6,16H,3-4,7-13H2,(H,22,23);1H,(H,2,3). The predicted octanol–water partition coefficient (Wildman–Crippen LogP) is 1.95. The summed E-state index contributed by atoms with van der Waals surface area (Å²) in [5, 5.41) is 15.8. The minimum absolute atomic E-state index is 0.0947. The van der Waals surface area contributed by atoms with Crippen LogP contribution in [0.15, 0.2) is 24.3 Å². The fourth-order valence-corrected chi connectivity index (χ4v) is 3.72. The average Bonchev–Trinajstić information content (AvgIpc) is 3.03. The predicted molar refractivity (Wildman–Crippen MR) is 95.5 cm³/mol. The normalized spacial score (nSPS) is 19.2. The first-order valence-corrected chi connectivity index (χ1v) is 8.93. The lowest BCUT2D eigenvalue weighted by atomic mass is 9.98. The molecule has 0 radical (unpaired) electrons. The van der Waals surface area contributed by atoms with E-state index in [1.807, 2.05) is 17.0 Å². The van der Waals surface area contributed by atoms with E-state index in [4.69, 9.17) is 15.0 Å². The molecule has 3 rings (SSSR count). The molecule has 1 atom stereocenters. The average molecular weight is 362 g/mol. The van der Waals surface area contributed by atoms with Crippen molar-refractivity contribution in [1.29, 1.82) is 0 Å². The van der Waals surface area contributed by atoms with E-state index in [1.165, 1.54) is 11.1 Å². The highest BCUT2D eigenvalue weighted by Crippen LogP contribution is 2.24. The third kappa shape index (κ3) is 5.56. The maximum absolute atomic E-state index is 12.7. The Morgan fingerprint density at radius 1 is 1.15 bits per heavy atom. The summed E-state index contributed by atoms with van der Waals surface area (Å²) in [6.07, 6.45) is 3.75. The zero-order valence-electron chi connectivity index (χ0n) is 14.8. The van der Waals surface area contributed by atoms with Gasteiger partial charge in [0.25, 0.3) is 6.47 Å². The van der Waals surface area contributed by atoms with Crippen LogP contribution in [0, 0.1) is 0 Å². The van der Waals surface area contributed by atoms with Crippen molar-refractivity contribution in [3.63, 3.8) is 0 Å². The van der Waals surface area contributed by atoms with Crippen LogP contribution in [0.4, 0.5) is 0 Å². The van der Waals surface area contributed by atoms with E-state index in [0.717, 1.165) is 38.9 Å². The lowest BCUT2D eigenvalue weighted by Crippen LogP contribution is -2.47. The summed E-state index contributed by atoms with van der Waals surface area (Å²) in [5.74, 6) is -0.633. The highest BCUT2D eigenvalue weighted by Gasteiger charge is 2.29. The van der Waals surface area contributed by atoms with Crippen molar-refractivity contribution in [1.82, 2.24) is 9.80 Å². The summed E-state index contributed by atoms with van der Waals surface area (Å²) < 4.78 is 0. The fourth-order valence-electron chi connectivity index (χ4n) is 3.72. The second-order valence-corrected chi connectivity index (χ2v) is 6.69. The van der Waals surface area contributed by atoms with E-state index in [9.17, 15) is 9.59 Å². The topological polar surface area (TPSA) is 98.2 Å². The number of likely N-dealkylation sites (tertiary alicyclic amines) is 1. The van der Waals surface area contributed by atoms with Gasteiger partial charge in [-0.3, -0.25) is 19.3 Å². The first-order chi connectivity index (χ1) is 12.5. The van der Waals surface area contributed by atoms with Crippen LogP contribution in [0.25, 0.3) is 0 Å². The largest absolute Gasteiger partial charge is 0.483 e. The molecule has 26 heavy (non-hydrogen) atoms. The fraction of sp³-hybridized carbons (Fsp3) is 0.526. The number of aliphatic carboxylic acids is 1. The molecule has 1 aromatic carbocycles. The Balaban J connectivity index is 0.000000758. The van der Waals surface area contributed by atoms with Gasteiger partial charge in [0.05, 0.1) is 6.54 Å². The summed E-state index contributed by atoms with van der Waals surface area (Å²) in [4.78, 5) is 36.0. The number of carboxylic acid groups (broad SMARTS) is 2. The zero-order chi connectivity index (χ0) is 18.9. The lowest BCUT2D eigenvalue weighted by Gasteiger charge is -2.36. The zero-order valence-corrected chi connectivity index (χ0v) is 14.8. The molecule has 2 aliphatic rings. The van der Waals surface area contributed by atoms with Crippen molar-refractivity contribution in [2.24, 2.45) is 0 Å². The van der Waals surface area contributed by atoms with Gasteiger partial charge in [-0.1, -0.05) is 24.3 Å². The Labute approximate surface area is 153 Å². The first kappa shape index (κ1) is 19.9. The molecule has 1 fully saturated rings. The molecule has 1 unspecified atom stereocenters. The van der Waals surface area contributed by atoms with Crippen LogP contribution in [0.5, 0.6) is 0 Å². The smallest absolute Gasteiger partial charge is 0.303 e. The molecular formula is C19H26N2O5. The van der Waals surface area contributed by atoms with E-state index in [0.29, 0.717) is 13.0 Å². The van der Waals surface area contributed by atoms with E-state index in [-0.39, 0.29) is 24.8 Å². The van der Waals surface area contributed by atoms with Gasteiger partial charge in [-0.05, 0) is 36.8 Å². The minimum Gasteiger partial charge on any atom is -0.483 e. The molecule has 1 amide bonds. The second-order valence-electron chi connectivity index (χ2n) is 6.69. The van der Waals surface area contributed by atoms with Crippen molar-refractivity contribution >= 4 is 18.3 Å². The summed E-state index contributed by atoms with van der Waals surface area (Å²) in [7, 11) is 0. The number of rotatable bonds is 5. The molecule has 1 saturated heterocycles. The molecule has 0 saturated carbocycles. The van der Waals surface area contributed by atoms with Gasteiger partial charge in [-0.15, -0.1) is 0 Å². The van der Waals surface area contributed by atoms with Crippen LogP contribution in [0.3, 0.4) is 0 Å². The highest BCUT2D eigenvalue weighted by molar-refractivity contribution is 5.79. The maximum Gasteiger partial charge on any atom is 0.303 e. The van der Waals surface area contributed by atoms with Gasteiger partial charge in [0.15, 0.2) is 0 Å². The van der Waals surface area contributed by atoms with Crippen molar-refractivity contribution in [3.8, 4) is 0 Å². The number of hydrogen-bond acceptors (Lipinski definition) is 4. The number of carboxylic acids is 1. The van der Waals surface area contributed by atoms with Gasteiger partial charge < -0.3 is 15.1 Å². The summed E-state index contributed by atoms with van der Waals surface area (Å²) in [6, 6.07) is 8.41. The quantitative estimate of drug-likeness (QED) is 0.777. The number of nitrogens with zero attached hydrogens (tertiary/aromatic N) is 2. The van der Waals surface area contributed by atoms with Crippen LogP contribution >= 0.6 is 0 Å². The molecule has 7 nitrogen and oxygen atoms in total. The Morgan fingerprint density at radius 2 is 1.77 bits per heavy atom. The Morgan fingerprint density at radius 3 is 2.35 bits per heavy atom. The van der Waals surface area contributed by atoms with Crippen LogP contribution < -0.4 is 0 Å². The van der Waals surface area contributed by atoms with Crippen molar-refractivity contribution in [2.45, 2.75) is 51.2 Å². The highest BCUT2D eigenvalue weighted by atomic mass is 16.4. The van der Waals surface area contributed by atoms with Crippen LogP contribution in [0.2, 0.25) is 0 Å². The molecule has 1 aromatic rings. The Kier molecular flexibility index (Phi) is 7.59. The number of amides is 1. The summed E-state index contributed by atoms with van der Waals surface area (Å²) >= 11 is 0. The van der Waals surface area contributed by atoms with E-state index in [1.54, 1.807) is 0 Å². The molecule has 7 heteroatoms. The van der Waals surface area contributed by atoms with Crippen molar-refractivity contribution in [2.75, 3.05) is 13.1 Å². The molecule has 2 aliphatic heterocycles. The van der Waals surface area contributed by atoms with Crippen LogP contribution in [0.1, 0.15) is 43.2 Å². The van der Waals surface area contributed by atoms with Gasteiger partial charge >= 0.3 is 5.97 Å². The van der Waals surface area contributed by atoms with E-state index >= 15 is 0 Å². The van der Waals surface area contributed by atoms with E-state index in [2.05, 4.69) is 17.0 Å². The number of carbonyl (C=O) groups is 3. The summed E-state index contributed by atoms with van der Waals surface area (Å²) in [6.45, 7) is 2.60. The molecule has 142 valence electrons. The molecule has 0 aliphatic carbocycles. The number of piperidine rings is 1. The molecule has 2 N–H and O–H groups in total. The van der Waals surface area contributed by atoms with Crippen molar-refractivity contribution in [3.05, 3.63) is 35.4 Å². The molecule has 0 aromatic heterocycles. The van der Waals surface area contributed by atoms with Crippen LogP contribution in [-0.4, -0.2) is 57.5 Å². The maximum atomic E-state index is 12.7. The number of hydrogen-bond donors (Lipinski definition) is 2. The molecular weight excluding hydrogens is 336 g/mol. The SMILES string of the molecule is O=C(O)CCC1CCCCN1C(=O)CN1Cc2ccccc2C1.O=CO. The van der Waals surface area contributed by atoms with Crippen molar-refractivity contribution < 1.29 is 24.6 Å². The first-order valence-electron chi connectivity index (χ1n) is 8.93. The lowest BCUT2D eigenvalue weighted by molar-refractivity contribution is -0.140. The third-order valence-electron chi connectivity index (χ3n) is 4.90. The van der Waals surface area contributed by atoms with Gasteiger partial charge in [-0.2, -0.15) is 0 Å². The van der Waals surface area contributed by atoms with Gasteiger partial charge in [0.1, 0.15) is 0 Å². The Bertz CT molecular complexity index is 609. The molecule has 0 spiro atoms. The number of benzene rings is 1. The monoisotopic (exact) mass is 362 g/mol. The van der Waals surface area contributed by atoms with Crippen LogP contribution in [-0.2, 0) is 27.5 Å². The second kappa shape index (κ2) is 9.91. The summed E-state index contributed by atoms with van der Waals surface area (Å²) in [5.41, 5.74) is 2.61. The number of fused-ring (bicyclic) bond motifs is 1. The molecule has 0 bridgehead atoms. The van der Waals surface area contributed by atoms with Gasteiger partial charge in [0, 0.05) is 32.1 Å². The van der Waals surface area contributed by atoms with Gasteiger partial charge in [0.2, 0.25) is 5.91 Å². The minimum atomic E-state index is -0.780. The molecule has 2 heterocycles. The Hall–Kier alpha value is -2.41. The van der Waals surface area contributed by atoms with Gasteiger partial charge in [-0.25, -0.2) is 0 Å². The third-order valence-corrected chi connectivity index (χ3v) is 4.90. The number of carbonyl (C=O) groups excluding carboxylic acids is 1.